The highest BCUT2D eigenvalue weighted by molar-refractivity contribution is 9.09. The maximum atomic E-state index is 4.29. The maximum absolute atomic E-state index is 4.29. The van der Waals surface area contributed by atoms with Gasteiger partial charge in [-0.15, -0.1) is 0 Å². The summed E-state index contributed by atoms with van der Waals surface area (Å²) in [4.78, 5) is 8.34. The second kappa shape index (κ2) is 5.29. The number of hydrogen-bond acceptors (Lipinski definition) is 3. The van der Waals surface area contributed by atoms with Crippen LogP contribution in [0, 0.1) is 12.8 Å². The number of anilines is 1. The third kappa shape index (κ3) is 3.25. The van der Waals surface area contributed by atoms with Crippen molar-refractivity contribution in [3.8, 4) is 0 Å². The lowest BCUT2D eigenvalue weighted by atomic mass is 10.1. The Labute approximate surface area is 93.5 Å². The van der Waals surface area contributed by atoms with Gasteiger partial charge in [0.1, 0.15) is 11.6 Å². The minimum Gasteiger partial charge on any atom is -0.367 e. The molecule has 1 heterocycles. The van der Waals surface area contributed by atoms with Crippen LogP contribution < -0.4 is 5.32 Å². The van der Waals surface area contributed by atoms with Crippen LogP contribution in [-0.4, -0.2) is 21.3 Å². The fourth-order valence-electron chi connectivity index (χ4n) is 1.05. The molecule has 0 fully saturated rings. The summed E-state index contributed by atoms with van der Waals surface area (Å²) in [5, 5.41) is 4.34. The monoisotopic (exact) mass is 257 g/mol. The number of rotatable bonds is 4. The first-order valence-corrected chi connectivity index (χ1v) is 5.87. The lowest BCUT2D eigenvalue weighted by Gasteiger charge is -2.19. The van der Waals surface area contributed by atoms with Crippen LogP contribution in [0.3, 0.4) is 0 Å². The van der Waals surface area contributed by atoms with Crippen LogP contribution in [0.5, 0.6) is 0 Å². The van der Waals surface area contributed by atoms with E-state index < -0.39 is 0 Å². The molecule has 2 unspecified atom stereocenters. The number of aryl methyl sites for hydroxylation is 1. The lowest BCUT2D eigenvalue weighted by Crippen LogP contribution is -2.25. The van der Waals surface area contributed by atoms with Gasteiger partial charge in [-0.3, -0.25) is 0 Å². The van der Waals surface area contributed by atoms with Crippen LogP contribution in [0.1, 0.15) is 19.7 Å². The fourth-order valence-corrected chi connectivity index (χ4v) is 1.61. The molecule has 0 bridgehead atoms. The highest BCUT2D eigenvalue weighted by atomic mass is 79.9. The Morgan fingerprint density at radius 3 is 2.79 bits per heavy atom. The van der Waals surface area contributed by atoms with E-state index in [4.69, 9.17) is 0 Å². The molecular formula is C10H16BrN3. The zero-order chi connectivity index (χ0) is 10.6. The van der Waals surface area contributed by atoms with Gasteiger partial charge in [-0.2, -0.15) is 0 Å². The van der Waals surface area contributed by atoms with E-state index in [9.17, 15) is 0 Å². The predicted molar refractivity (Wildman–Crippen MR) is 62.8 cm³/mol. The summed E-state index contributed by atoms with van der Waals surface area (Å²) in [6.45, 7) is 6.24. The van der Waals surface area contributed by atoms with Gasteiger partial charge in [-0.1, -0.05) is 22.9 Å². The average Bonchev–Trinajstić information content (AvgIpc) is 2.16. The molecule has 1 rings (SSSR count). The molecule has 0 spiro atoms. The molecule has 0 aromatic carbocycles. The predicted octanol–water partition coefficient (Wildman–Crippen LogP) is 2.62. The van der Waals surface area contributed by atoms with E-state index in [-0.39, 0.29) is 0 Å². The second-order valence-electron chi connectivity index (χ2n) is 3.55. The molecule has 1 aromatic heterocycles. The quantitative estimate of drug-likeness (QED) is 0.843. The van der Waals surface area contributed by atoms with Gasteiger partial charge >= 0.3 is 0 Å². The molecule has 78 valence electrons. The molecule has 4 heteroatoms. The van der Waals surface area contributed by atoms with Gasteiger partial charge in [0, 0.05) is 17.6 Å². The smallest absolute Gasteiger partial charge is 0.129 e. The highest BCUT2D eigenvalue weighted by Gasteiger charge is 2.10. The van der Waals surface area contributed by atoms with E-state index in [1.54, 1.807) is 6.20 Å². The van der Waals surface area contributed by atoms with Gasteiger partial charge in [0.15, 0.2) is 0 Å². The molecule has 0 aliphatic carbocycles. The van der Waals surface area contributed by atoms with Crippen molar-refractivity contribution in [1.82, 2.24) is 9.97 Å². The molecule has 0 aliphatic rings. The van der Waals surface area contributed by atoms with E-state index in [2.05, 4.69) is 45.1 Å². The standard InChI is InChI=1S/C10H16BrN3/c1-7(6-11)8(2)13-10-4-5-12-9(3)14-10/h4-5,7-8H,6H2,1-3H3,(H,12,13,14). The van der Waals surface area contributed by atoms with Crippen molar-refractivity contribution >= 4 is 21.7 Å². The van der Waals surface area contributed by atoms with Gasteiger partial charge < -0.3 is 5.32 Å². The minimum absolute atomic E-state index is 0.406. The molecule has 0 aliphatic heterocycles. The number of nitrogens with zero attached hydrogens (tertiary/aromatic N) is 2. The van der Waals surface area contributed by atoms with Gasteiger partial charge in [0.25, 0.3) is 0 Å². The number of hydrogen-bond donors (Lipinski definition) is 1. The first kappa shape index (κ1) is 11.4. The summed E-state index contributed by atoms with van der Waals surface area (Å²) < 4.78 is 0. The zero-order valence-electron chi connectivity index (χ0n) is 8.79. The van der Waals surface area contributed by atoms with Crippen molar-refractivity contribution in [1.29, 1.82) is 0 Å². The Morgan fingerprint density at radius 1 is 1.50 bits per heavy atom. The molecule has 3 nitrogen and oxygen atoms in total. The van der Waals surface area contributed by atoms with Crippen molar-refractivity contribution in [2.24, 2.45) is 5.92 Å². The maximum Gasteiger partial charge on any atom is 0.129 e. The molecule has 14 heavy (non-hydrogen) atoms. The molecule has 0 saturated heterocycles. The summed E-state index contributed by atoms with van der Waals surface area (Å²) in [6, 6.07) is 2.30. The molecule has 0 saturated carbocycles. The summed E-state index contributed by atoms with van der Waals surface area (Å²) in [7, 11) is 0. The molecule has 0 radical (unpaired) electrons. The van der Waals surface area contributed by atoms with E-state index in [0.29, 0.717) is 12.0 Å². The summed E-state index contributed by atoms with van der Waals surface area (Å²) in [5.41, 5.74) is 0. The Balaban J connectivity index is 2.60. The number of aromatic nitrogens is 2. The molecule has 0 amide bonds. The summed E-state index contributed by atoms with van der Waals surface area (Å²) in [6.07, 6.45) is 1.77. The second-order valence-corrected chi connectivity index (χ2v) is 4.20. The van der Waals surface area contributed by atoms with E-state index >= 15 is 0 Å². The molecule has 1 aromatic rings. The van der Waals surface area contributed by atoms with Crippen LogP contribution in [0.15, 0.2) is 12.3 Å². The van der Waals surface area contributed by atoms with Crippen molar-refractivity contribution in [3.63, 3.8) is 0 Å². The molecule has 1 N–H and O–H groups in total. The minimum atomic E-state index is 0.406. The third-order valence-corrected chi connectivity index (χ3v) is 3.27. The SMILES string of the molecule is Cc1nccc(NC(C)C(C)CBr)n1. The van der Waals surface area contributed by atoms with Crippen molar-refractivity contribution in [2.45, 2.75) is 26.8 Å². The van der Waals surface area contributed by atoms with Gasteiger partial charge in [0.05, 0.1) is 0 Å². The Hall–Kier alpha value is -0.640. The Morgan fingerprint density at radius 2 is 2.21 bits per heavy atom. The van der Waals surface area contributed by atoms with Crippen LogP contribution in [0.25, 0.3) is 0 Å². The van der Waals surface area contributed by atoms with Crippen molar-refractivity contribution in [2.75, 3.05) is 10.6 Å². The van der Waals surface area contributed by atoms with E-state index in [0.717, 1.165) is 17.0 Å². The first-order chi connectivity index (χ1) is 6.63. The van der Waals surface area contributed by atoms with Gasteiger partial charge in [-0.05, 0) is 25.8 Å². The molecular weight excluding hydrogens is 242 g/mol. The van der Waals surface area contributed by atoms with E-state index in [1.807, 2.05) is 13.0 Å². The van der Waals surface area contributed by atoms with Crippen LogP contribution in [0.4, 0.5) is 5.82 Å². The highest BCUT2D eigenvalue weighted by Crippen LogP contribution is 2.11. The Kier molecular flexibility index (Phi) is 4.32. The first-order valence-electron chi connectivity index (χ1n) is 4.75. The largest absolute Gasteiger partial charge is 0.367 e. The lowest BCUT2D eigenvalue weighted by molar-refractivity contribution is 0.570. The number of nitrogens with one attached hydrogen (secondary N) is 1. The Bertz CT molecular complexity index is 290. The van der Waals surface area contributed by atoms with E-state index in [1.165, 1.54) is 0 Å². The van der Waals surface area contributed by atoms with Gasteiger partial charge in [0.2, 0.25) is 0 Å². The topological polar surface area (TPSA) is 37.8 Å². The summed E-state index contributed by atoms with van der Waals surface area (Å²) in [5.74, 6) is 2.27. The van der Waals surface area contributed by atoms with Gasteiger partial charge in [-0.25, -0.2) is 9.97 Å². The van der Waals surface area contributed by atoms with Crippen LogP contribution >= 0.6 is 15.9 Å². The normalized spacial score (nSPS) is 14.9. The zero-order valence-corrected chi connectivity index (χ0v) is 10.4. The van der Waals surface area contributed by atoms with Crippen molar-refractivity contribution in [3.05, 3.63) is 18.1 Å². The fraction of sp³-hybridized carbons (Fsp3) is 0.600. The number of alkyl halides is 1. The van der Waals surface area contributed by atoms with Crippen molar-refractivity contribution < 1.29 is 0 Å². The summed E-state index contributed by atoms with van der Waals surface area (Å²) >= 11 is 3.47. The third-order valence-electron chi connectivity index (χ3n) is 2.25. The molecule has 2 atom stereocenters. The number of halogens is 1. The van der Waals surface area contributed by atoms with Crippen LogP contribution in [0.2, 0.25) is 0 Å². The van der Waals surface area contributed by atoms with Crippen LogP contribution in [-0.2, 0) is 0 Å². The average molecular weight is 258 g/mol.